The van der Waals surface area contributed by atoms with E-state index in [2.05, 4.69) is 37.2 Å². The normalized spacial score (nSPS) is 10.3. The van der Waals surface area contributed by atoms with Crippen LogP contribution in [0.2, 0.25) is 5.02 Å². The number of halogens is 3. The van der Waals surface area contributed by atoms with Crippen LogP contribution in [0.1, 0.15) is 10.4 Å². The first-order valence-electron chi connectivity index (χ1n) is 5.28. The Hall–Kier alpha value is -1.04. The summed E-state index contributed by atoms with van der Waals surface area (Å²) in [6.07, 6.45) is 0. The summed E-state index contributed by atoms with van der Waals surface area (Å²) in [6.45, 7) is 0. The minimum Gasteiger partial charge on any atom is -0.399 e. The largest absolute Gasteiger partial charge is 0.399 e. The molecule has 0 aliphatic heterocycles. The lowest BCUT2D eigenvalue weighted by Gasteiger charge is -2.09. The summed E-state index contributed by atoms with van der Waals surface area (Å²) in [5.41, 5.74) is 7.19. The van der Waals surface area contributed by atoms with Crippen LogP contribution in [0, 0.1) is 0 Å². The number of benzene rings is 2. The van der Waals surface area contributed by atoms with Crippen molar-refractivity contribution in [1.82, 2.24) is 0 Å². The number of amides is 1. The molecule has 0 spiro atoms. The first-order valence-corrected chi connectivity index (χ1v) is 7.24. The Balaban J connectivity index is 2.28. The number of nitrogens with one attached hydrogen (secondary N) is 1. The molecule has 98 valence electrons. The maximum absolute atomic E-state index is 12.1. The fourth-order valence-corrected chi connectivity index (χ4v) is 2.48. The molecule has 0 radical (unpaired) electrons. The predicted molar refractivity (Wildman–Crippen MR) is 85.7 cm³/mol. The summed E-state index contributed by atoms with van der Waals surface area (Å²) in [5.74, 6) is -0.270. The summed E-state index contributed by atoms with van der Waals surface area (Å²) in [7, 11) is 0. The van der Waals surface area contributed by atoms with E-state index in [0.717, 1.165) is 8.95 Å². The summed E-state index contributed by atoms with van der Waals surface area (Å²) in [4.78, 5) is 12.1. The molecule has 2 aromatic rings. The SMILES string of the molecule is Nc1cc(Cl)cc(C(=O)Nc2cc(Br)ccc2Br)c1. The van der Waals surface area contributed by atoms with E-state index >= 15 is 0 Å². The molecule has 19 heavy (non-hydrogen) atoms. The number of nitrogen functional groups attached to an aromatic ring is 1. The Bertz CT molecular complexity index is 626. The topological polar surface area (TPSA) is 55.1 Å². The summed E-state index contributed by atoms with van der Waals surface area (Å²) < 4.78 is 1.66. The highest BCUT2D eigenvalue weighted by atomic mass is 79.9. The van der Waals surface area contributed by atoms with Gasteiger partial charge in [-0.3, -0.25) is 4.79 Å². The molecule has 0 fully saturated rings. The Labute approximate surface area is 132 Å². The highest BCUT2D eigenvalue weighted by Crippen LogP contribution is 2.27. The van der Waals surface area contributed by atoms with E-state index in [4.69, 9.17) is 17.3 Å². The minimum atomic E-state index is -0.270. The van der Waals surface area contributed by atoms with Gasteiger partial charge in [0.1, 0.15) is 0 Å². The van der Waals surface area contributed by atoms with Crippen LogP contribution in [0.25, 0.3) is 0 Å². The van der Waals surface area contributed by atoms with Crippen LogP contribution < -0.4 is 11.1 Å². The zero-order valence-electron chi connectivity index (χ0n) is 9.58. The Kier molecular flexibility index (Phi) is 4.50. The van der Waals surface area contributed by atoms with Gasteiger partial charge in [-0.2, -0.15) is 0 Å². The molecule has 0 aromatic heterocycles. The molecule has 0 saturated carbocycles. The van der Waals surface area contributed by atoms with Crippen LogP contribution in [0.4, 0.5) is 11.4 Å². The lowest BCUT2D eigenvalue weighted by molar-refractivity contribution is 0.102. The van der Waals surface area contributed by atoms with Crippen LogP contribution in [0.5, 0.6) is 0 Å². The summed E-state index contributed by atoms with van der Waals surface area (Å²) in [5, 5.41) is 3.22. The molecule has 0 heterocycles. The fourth-order valence-electron chi connectivity index (χ4n) is 1.53. The molecule has 1 amide bonds. The third kappa shape index (κ3) is 3.72. The van der Waals surface area contributed by atoms with E-state index in [1.807, 2.05) is 12.1 Å². The number of carbonyl (C=O) groups is 1. The average molecular weight is 404 g/mol. The quantitative estimate of drug-likeness (QED) is 0.713. The van der Waals surface area contributed by atoms with Gasteiger partial charge >= 0.3 is 0 Å². The Morgan fingerprint density at radius 3 is 2.58 bits per heavy atom. The second-order valence-electron chi connectivity index (χ2n) is 3.85. The van der Waals surface area contributed by atoms with Crippen molar-refractivity contribution < 1.29 is 4.79 Å². The van der Waals surface area contributed by atoms with Gasteiger partial charge in [0, 0.05) is 25.2 Å². The van der Waals surface area contributed by atoms with E-state index in [-0.39, 0.29) is 5.91 Å². The molecule has 0 bridgehead atoms. The molecular weight excluding hydrogens is 395 g/mol. The number of anilines is 2. The Morgan fingerprint density at radius 1 is 1.16 bits per heavy atom. The van der Waals surface area contributed by atoms with Crippen LogP contribution in [0.3, 0.4) is 0 Å². The maximum atomic E-state index is 12.1. The van der Waals surface area contributed by atoms with Gasteiger partial charge in [-0.25, -0.2) is 0 Å². The predicted octanol–water partition coefficient (Wildman–Crippen LogP) is 4.70. The highest BCUT2D eigenvalue weighted by molar-refractivity contribution is 9.11. The average Bonchev–Trinajstić information content (AvgIpc) is 2.32. The summed E-state index contributed by atoms with van der Waals surface area (Å²) in [6, 6.07) is 10.2. The van der Waals surface area contributed by atoms with Gasteiger partial charge in [0.2, 0.25) is 0 Å². The van der Waals surface area contributed by atoms with Crippen LogP contribution in [-0.2, 0) is 0 Å². The van der Waals surface area contributed by atoms with E-state index in [0.29, 0.717) is 22.0 Å². The van der Waals surface area contributed by atoms with Crippen molar-refractivity contribution in [3.8, 4) is 0 Å². The molecule has 0 unspecified atom stereocenters. The molecule has 3 N–H and O–H groups in total. The molecular formula is C13H9Br2ClN2O. The number of hydrogen-bond donors (Lipinski definition) is 2. The fraction of sp³-hybridized carbons (Fsp3) is 0. The molecule has 2 rings (SSSR count). The van der Waals surface area contributed by atoms with Gasteiger partial charge in [-0.15, -0.1) is 0 Å². The number of carbonyl (C=O) groups excluding carboxylic acids is 1. The molecule has 0 aliphatic carbocycles. The third-order valence-corrected chi connectivity index (χ3v) is 3.76. The number of rotatable bonds is 2. The van der Waals surface area contributed by atoms with Crippen molar-refractivity contribution in [3.05, 3.63) is 55.9 Å². The monoisotopic (exact) mass is 402 g/mol. The zero-order chi connectivity index (χ0) is 14.0. The number of nitrogens with two attached hydrogens (primary N) is 1. The van der Waals surface area contributed by atoms with Crippen LogP contribution in [0.15, 0.2) is 45.3 Å². The smallest absolute Gasteiger partial charge is 0.255 e. The Morgan fingerprint density at radius 2 is 1.89 bits per heavy atom. The maximum Gasteiger partial charge on any atom is 0.255 e. The van der Waals surface area contributed by atoms with E-state index in [9.17, 15) is 4.79 Å². The summed E-state index contributed by atoms with van der Waals surface area (Å²) >= 11 is 12.6. The van der Waals surface area contributed by atoms with Crippen molar-refractivity contribution in [2.75, 3.05) is 11.1 Å². The first kappa shape index (κ1) is 14.4. The van der Waals surface area contributed by atoms with Crippen molar-refractivity contribution in [2.45, 2.75) is 0 Å². The zero-order valence-corrected chi connectivity index (χ0v) is 13.5. The van der Waals surface area contributed by atoms with Gasteiger partial charge in [-0.1, -0.05) is 27.5 Å². The van der Waals surface area contributed by atoms with Crippen LogP contribution >= 0.6 is 43.5 Å². The first-order chi connectivity index (χ1) is 8.95. The molecule has 0 saturated heterocycles. The van der Waals surface area contributed by atoms with Crippen molar-refractivity contribution in [1.29, 1.82) is 0 Å². The molecule has 6 heteroatoms. The van der Waals surface area contributed by atoms with Crippen molar-refractivity contribution >= 4 is 60.7 Å². The second kappa shape index (κ2) is 5.94. The van der Waals surface area contributed by atoms with Crippen LogP contribution in [-0.4, -0.2) is 5.91 Å². The van der Waals surface area contributed by atoms with Gasteiger partial charge in [0.25, 0.3) is 5.91 Å². The second-order valence-corrected chi connectivity index (χ2v) is 6.06. The van der Waals surface area contributed by atoms with Gasteiger partial charge < -0.3 is 11.1 Å². The van der Waals surface area contributed by atoms with Gasteiger partial charge in [-0.05, 0) is 52.3 Å². The standard InChI is InChI=1S/C13H9Br2ClN2O/c14-8-1-2-11(15)12(5-8)18-13(19)7-3-9(16)6-10(17)4-7/h1-6H,17H2,(H,18,19). The molecule has 3 nitrogen and oxygen atoms in total. The van der Waals surface area contributed by atoms with Gasteiger partial charge in [0.15, 0.2) is 0 Å². The van der Waals surface area contributed by atoms with Gasteiger partial charge in [0.05, 0.1) is 5.69 Å². The van der Waals surface area contributed by atoms with E-state index < -0.39 is 0 Å². The highest BCUT2D eigenvalue weighted by Gasteiger charge is 2.10. The van der Waals surface area contributed by atoms with Crippen molar-refractivity contribution in [3.63, 3.8) is 0 Å². The van der Waals surface area contributed by atoms with Crippen molar-refractivity contribution in [2.24, 2.45) is 0 Å². The molecule has 0 atom stereocenters. The lowest BCUT2D eigenvalue weighted by Crippen LogP contribution is -2.12. The van der Waals surface area contributed by atoms with E-state index in [1.54, 1.807) is 24.3 Å². The molecule has 0 aliphatic rings. The molecule has 2 aromatic carbocycles. The lowest BCUT2D eigenvalue weighted by atomic mass is 10.2. The minimum absolute atomic E-state index is 0.270. The van der Waals surface area contributed by atoms with E-state index in [1.165, 1.54) is 0 Å². The third-order valence-electron chi connectivity index (χ3n) is 2.36. The number of hydrogen-bond acceptors (Lipinski definition) is 2.